The van der Waals surface area contributed by atoms with Crippen LogP contribution < -0.4 is 5.32 Å². The molecule has 0 spiro atoms. The number of piperidine rings is 1. The standard InChI is InChI=1S/C23H22N4O3/c24-12-18-13-25-23(26-18)20(28)9-16-7-6-15(17-10-21(29)27-22(30)11-17)8-19(16)14-4-2-1-3-5-14/h4,6-8,13,17H,1-3,5,9-11H2,(H,25,26)(H,27,29,30). The van der Waals surface area contributed by atoms with E-state index in [1.165, 1.54) is 11.8 Å². The van der Waals surface area contributed by atoms with Gasteiger partial charge in [-0.3, -0.25) is 19.7 Å². The minimum atomic E-state index is -0.250. The highest BCUT2D eigenvalue weighted by Gasteiger charge is 2.27. The van der Waals surface area contributed by atoms with Gasteiger partial charge in [-0.15, -0.1) is 0 Å². The Bertz CT molecular complexity index is 1070. The van der Waals surface area contributed by atoms with Crippen molar-refractivity contribution in [2.24, 2.45) is 0 Å². The lowest BCUT2D eigenvalue weighted by Gasteiger charge is -2.24. The van der Waals surface area contributed by atoms with Crippen LogP contribution in [0.4, 0.5) is 0 Å². The Labute approximate surface area is 174 Å². The summed E-state index contributed by atoms with van der Waals surface area (Å²) in [6.07, 6.45) is 8.49. The predicted octanol–water partition coefficient (Wildman–Crippen LogP) is 3.18. The number of nitrogens with zero attached hydrogens (tertiary/aromatic N) is 2. The summed E-state index contributed by atoms with van der Waals surface area (Å²) < 4.78 is 0. The maximum absolute atomic E-state index is 12.7. The molecule has 2 aliphatic rings. The maximum Gasteiger partial charge on any atom is 0.227 e. The number of carbonyl (C=O) groups is 3. The topological polar surface area (TPSA) is 116 Å². The molecule has 0 atom stereocenters. The minimum Gasteiger partial charge on any atom is -0.327 e. The number of rotatable bonds is 5. The molecular weight excluding hydrogens is 380 g/mol. The van der Waals surface area contributed by atoms with Gasteiger partial charge in [-0.2, -0.15) is 5.26 Å². The number of aromatic amines is 1. The summed E-state index contributed by atoms with van der Waals surface area (Å²) in [5, 5.41) is 11.3. The normalized spacial score (nSPS) is 17.2. The number of carbonyl (C=O) groups excluding carboxylic acids is 3. The van der Waals surface area contributed by atoms with Crippen LogP contribution in [0.25, 0.3) is 5.57 Å². The van der Waals surface area contributed by atoms with Crippen LogP contribution in [0, 0.1) is 11.3 Å². The van der Waals surface area contributed by atoms with E-state index in [0.717, 1.165) is 42.4 Å². The van der Waals surface area contributed by atoms with Crippen LogP contribution in [0.15, 0.2) is 30.5 Å². The van der Waals surface area contributed by atoms with Crippen LogP contribution in [0.2, 0.25) is 0 Å². The quantitative estimate of drug-likeness (QED) is 0.589. The fourth-order valence-electron chi connectivity index (χ4n) is 4.17. The van der Waals surface area contributed by atoms with Gasteiger partial charge in [-0.1, -0.05) is 24.3 Å². The Morgan fingerprint density at radius 3 is 2.67 bits per heavy atom. The Morgan fingerprint density at radius 1 is 1.20 bits per heavy atom. The highest BCUT2D eigenvalue weighted by molar-refractivity contribution is 5.98. The lowest BCUT2D eigenvalue weighted by atomic mass is 9.83. The number of H-pyrrole nitrogens is 1. The molecule has 4 rings (SSSR count). The van der Waals surface area contributed by atoms with Crippen molar-refractivity contribution in [3.63, 3.8) is 0 Å². The van der Waals surface area contributed by atoms with Crippen LogP contribution >= 0.6 is 0 Å². The highest BCUT2D eigenvalue weighted by atomic mass is 16.2. The molecule has 0 radical (unpaired) electrons. The number of aromatic nitrogens is 2. The molecule has 30 heavy (non-hydrogen) atoms. The second kappa shape index (κ2) is 8.46. The number of nitrogens with one attached hydrogen (secondary N) is 2. The first-order chi connectivity index (χ1) is 14.5. The smallest absolute Gasteiger partial charge is 0.227 e. The first kappa shape index (κ1) is 19.8. The summed E-state index contributed by atoms with van der Waals surface area (Å²) >= 11 is 0. The maximum atomic E-state index is 12.7. The molecule has 2 aromatic rings. The number of ketones is 1. The Kier molecular flexibility index (Phi) is 5.57. The van der Waals surface area contributed by atoms with Gasteiger partial charge in [-0.25, -0.2) is 4.98 Å². The van der Waals surface area contributed by atoms with Gasteiger partial charge in [-0.05, 0) is 47.9 Å². The molecule has 7 nitrogen and oxygen atoms in total. The minimum absolute atomic E-state index is 0.151. The van der Waals surface area contributed by atoms with Crippen molar-refractivity contribution in [2.75, 3.05) is 0 Å². The van der Waals surface area contributed by atoms with E-state index >= 15 is 0 Å². The second-order valence-corrected chi connectivity index (χ2v) is 7.83. The number of Topliss-reactive ketones (excluding diaryl/α,β-unsaturated/α-hetero) is 1. The fraction of sp³-hybridized carbons (Fsp3) is 0.348. The average Bonchev–Trinajstić information content (AvgIpc) is 3.23. The first-order valence-electron chi connectivity index (χ1n) is 10.2. The number of benzene rings is 1. The van der Waals surface area contributed by atoms with Crippen LogP contribution in [-0.2, 0) is 16.0 Å². The number of hydrogen-bond donors (Lipinski definition) is 2. The number of hydrogen-bond acceptors (Lipinski definition) is 5. The van der Waals surface area contributed by atoms with E-state index in [-0.39, 0.29) is 54.3 Å². The van der Waals surface area contributed by atoms with Gasteiger partial charge in [0.2, 0.25) is 17.6 Å². The van der Waals surface area contributed by atoms with Crippen molar-refractivity contribution in [1.82, 2.24) is 15.3 Å². The zero-order chi connectivity index (χ0) is 21.1. The molecule has 1 aromatic carbocycles. The monoisotopic (exact) mass is 402 g/mol. The largest absolute Gasteiger partial charge is 0.327 e. The predicted molar refractivity (Wildman–Crippen MR) is 109 cm³/mol. The molecule has 2 heterocycles. The van der Waals surface area contributed by atoms with E-state index in [1.54, 1.807) is 0 Å². The zero-order valence-electron chi connectivity index (χ0n) is 16.5. The summed E-state index contributed by atoms with van der Waals surface area (Å²) in [7, 11) is 0. The molecule has 0 unspecified atom stereocenters. The Balaban J connectivity index is 1.66. The van der Waals surface area contributed by atoms with E-state index in [2.05, 4.69) is 21.4 Å². The second-order valence-electron chi connectivity index (χ2n) is 7.83. The number of nitriles is 1. The summed E-state index contributed by atoms with van der Waals surface area (Å²) in [4.78, 5) is 43.1. The van der Waals surface area contributed by atoms with Crippen LogP contribution in [0.5, 0.6) is 0 Å². The van der Waals surface area contributed by atoms with Crippen LogP contribution in [0.3, 0.4) is 0 Å². The van der Waals surface area contributed by atoms with E-state index in [1.807, 2.05) is 24.3 Å². The molecule has 1 aromatic heterocycles. The van der Waals surface area contributed by atoms with Crippen molar-refractivity contribution >= 4 is 23.2 Å². The van der Waals surface area contributed by atoms with Gasteiger partial charge in [0.25, 0.3) is 0 Å². The van der Waals surface area contributed by atoms with Gasteiger partial charge < -0.3 is 4.98 Å². The third-order valence-electron chi connectivity index (χ3n) is 5.70. The summed E-state index contributed by atoms with van der Waals surface area (Å²) in [5.74, 6) is -0.662. The average molecular weight is 402 g/mol. The van der Waals surface area contributed by atoms with Crippen LogP contribution in [0.1, 0.15) is 77.4 Å². The molecule has 1 saturated heterocycles. The van der Waals surface area contributed by atoms with Gasteiger partial charge in [0.1, 0.15) is 11.8 Å². The number of allylic oxidation sites excluding steroid dienone is 2. The van der Waals surface area contributed by atoms with E-state index < -0.39 is 0 Å². The number of imidazole rings is 1. The highest BCUT2D eigenvalue weighted by Crippen LogP contribution is 2.34. The first-order valence-corrected chi connectivity index (χ1v) is 10.2. The zero-order valence-corrected chi connectivity index (χ0v) is 16.5. The lowest BCUT2D eigenvalue weighted by Crippen LogP contribution is -2.37. The van der Waals surface area contributed by atoms with Gasteiger partial charge >= 0.3 is 0 Å². The third kappa shape index (κ3) is 4.23. The summed E-state index contributed by atoms with van der Waals surface area (Å²) in [6, 6.07) is 7.81. The fourth-order valence-corrected chi connectivity index (χ4v) is 4.17. The van der Waals surface area contributed by atoms with Crippen molar-refractivity contribution < 1.29 is 14.4 Å². The van der Waals surface area contributed by atoms with Crippen molar-refractivity contribution in [1.29, 1.82) is 5.26 Å². The van der Waals surface area contributed by atoms with Crippen molar-refractivity contribution in [2.45, 2.75) is 50.9 Å². The van der Waals surface area contributed by atoms with E-state index in [4.69, 9.17) is 5.26 Å². The molecule has 2 N–H and O–H groups in total. The molecule has 0 bridgehead atoms. The van der Waals surface area contributed by atoms with Crippen molar-refractivity contribution in [3.8, 4) is 6.07 Å². The lowest BCUT2D eigenvalue weighted by molar-refractivity contribution is -0.133. The molecule has 1 aliphatic carbocycles. The third-order valence-corrected chi connectivity index (χ3v) is 5.70. The summed E-state index contributed by atoms with van der Waals surface area (Å²) in [5.41, 5.74) is 4.30. The Morgan fingerprint density at radius 2 is 2.00 bits per heavy atom. The van der Waals surface area contributed by atoms with Gasteiger partial charge in [0.15, 0.2) is 5.82 Å². The SMILES string of the molecule is N#Cc1cnc(C(=O)Cc2ccc(C3CC(=O)NC(=O)C3)cc2C2=CCCCC2)[nH]1. The Hall–Kier alpha value is -3.53. The molecule has 0 saturated carbocycles. The number of amides is 2. The van der Waals surface area contributed by atoms with Crippen molar-refractivity contribution in [3.05, 3.63) is 58.7 Å². The van der Waals surface area contributed by atoms with E-state index in [0.29, 0.717) is 0 Å². The molecular formula is C23H22N4O3. The molecule has 1 fully saturated rings. The molecule has 7 heteroatoms. The van der Waals surface area contributed by atoms with Gasteiger partial charge in [0, 0.05) is 25.2 Å². The van der Waals surface area contributed by atoms with Crippen LogP contribution in [-0.4, -0.2) is 27.6 Å². The molecule has 152 valence electrons. The number of imide groups is 1. The summed E-state index contributed by atoms with van der Waals surface area (Å²) in [6.45, 7) is 0. The molecule has 2 amide bonds. The van der Waals surface area contributed by atoms with Gasteiger partial charge in [0.05, 0.1) is 6.20 Å². The van der Waals surface area contributed by atoms with E-state index in [9.17, 15) is 14.4 Å². The molecule has 1 aliphatic heterocycles.